The lowest BCUT2D eigenvalue weighted by molar-refractivity contribution is -0.116. The minimum absolute atomic E-state index is 0.0295. The number of hydrogen-bond acceptors (Lipinski definition) is 5. The Labute approximate surface area is 101 Å². The fourth-order valence-electron chi connectivity index (χ4n) is 1.25. The molecule has 2 heterocycles. The van der Waals surface area contributed by atoms with E-state index in [1.165, 1.54) is 22.0 Å². The Morgan fingerprint density at radius 3 is 2.94 bits per heavy atom. The van der Waals surface area contributed by atoms with E-state index >= 15 is 0 Å². The zero-order chi connectivity index (χ0) is 12.3. The summed E-state index contributed by atoms with van der Waals surface area (Å²) in [6, 6.07) is 4.73. The molecule has 0 radical (unpaired) electrons. The van der Waals surface area contributed by atoms with E-state index in [0.29, 0.717) is 5.13 Å². The highest BCUT2D eigenvalue weighted by Gasteiger charge is 2.07. The van der Waals surface area contributed by atoms with Crippen LogP contribution in [0.1, 0.15) is 5.01 Å². The van der Waals surface area contributed by atoms with Crippen molar-refractivity contribution >= 4 is 22.4 Å². The van der Waals surface area contributed by atoms with Crippen molar-refractivity contribution in [3.8, 4) is 0 Å². The molecule has 0 bridgehead atoms. The Balaban J connectivity index is 2.03. The molecule has 0 atom stereocenters. The molecule has 88 valence electrons. The van der Waals surface area contributed by atoms with Gasteiger partial charge in [-0.05, 0) is 13.0 Å². The van der Waals surface area contributed by atoms with E-state index in [-0.39, 0.29) is 18.0 Å². The normalized spacial score (nSPS) is 10.2. The van der Waals surface area contributed by atoms with Gasteiger partial charge in [0.1, 0.15) is 11.6 Å². The lowest BCUT2D eigenvalue weighted by Crippen LogP contribution is -2.26. The van der Waals surface area contributed by atoms with Gasteiger partial charge in [0.15, 0.2) is 0 Å². The van der Waals surface area contributed by atoms with Gasteiger partial charge in [-0.15, -0.1) is 10.2 Å². The first-order chi connectivity index (χ1) is 8.15. The summed E-state index contributed by atoms with van der Waals surface area (Å²) >= 11 is 1.29. The van der Waals surface area contributed by atoms with E-state index in [0.717, 1.165) is 5.01 Å². The summed E-state index contributed by atoms with van der Waals surface area (Å²) in [6.45, 7) is 1.77. The molecular weight excluding hydrogens is 240 g/mol. The number of carbonyl (C=O) groups is 1. The van der Waals surface area contributed by atoms with Crippen LogP contribution < -0.4 is 10.9 Å². The van der Waals surface area contributed by atoms with Gasteiger partial charge in [-0.3, -0.25) is 14.9 Å². The molecule has 0 fully saturated rings. The van der Waals surface area contributed by atoms with Crippen LogP contribution in [0.15, 0.2) is 29.2 Å². The van der Waals surface area contributed by atoms with Gasteiger partial charge >= 0.3 is 0 Å². The quantitative estimate of drug-likeness (QED) is 0.867. The fraction of sp³-hybridized carbons (Fsp3) is 0.200. The maximum Gasteiger partial charge on any atom is 0.250 e. The minimum atomic E-state index is -0.297. The van der Waals surface area contributed by atoms with Gasteiger partial charge in [-0.1, -0.05) is 17.4 Å². The van der Waals surface area contributed by atoms with E-state index in [9.17, 15) is 9.59 Å². The monoisotopic (exact) mass is 250 g/mol. The van der Waals surface area contributed by atoms with Gasteiger partial charge in [0.05, 0.1) is 0 Å². The molecular formula is C10H10N4O2S. The summed E-state index contributed by atoms with van der Waals surface area (Å²) < 4.78 is 1.32. The molecule has 1 amide bonds. The highest BCUT2D eigenvalue weighted by molar-refractivity contribution is 7.15. The first kappa shape index (κ1) is 11.5. The molecule has 17 heavy (non-hydrogen) atoms. The van der Waals surface area contributed by atoms with Crippen LogP contribution in [0, 0.1) is 6.92 Å². The van der Waals surface area contributed by atoms with Crippen molar-refractivity contribution in [2.24, 2.45) is 0 Å². The molecule has 0 aliphatic carbocycles. The highest BCUT2D eigenvalue weighted by atomic mass is 32.1. The number of nitrogens with one attached hydrogen (secondary N) is 1. The predicted molar refractivity (Wildman–Crippen MR) is 64.0 cm³/mol. The van der Waals surface area contributed by atoms with Crippen LogP contribution in [0.25, 0.3) is 0 Å². The molecule has 1 N–H and O–H groups in total. The number of anilines is 1. The minimum Gasteiger partial charge on any atom is -0.306 e. The Kier molecular flexibility index (Phi) is 3.29. The molecule has 2 rings (SSSR count). The van der Waals surface area contributed by atoms with Gasteiger partial charge in [-0.25, -0.2) is 0 Å². The number of hydrogen-bond donors (Lipinski definition) is 1. The number of amides is 1. The van der Waals surface area contributed by atoms with E-state index in [1.54, 1.807) is 25.3 Å². The number of rotatable bonds is 3. The SMILES string of the molecule is Cc1nnc(NC(=O)Cn2ccccc2=O)s1. The number of aromatic nitrogens is 3. The van der Waals surface area contributed by atoms with Crippen LogP contribution in [0.4, 0.5) is 5.13 Å². The third-order valence-electron chi connectivity index (χ3n) is 1.99. The molecule has 0 aliphatic heterocycles. The van der Waals surface area contributed by atoms with Crippen molar-refractivity contribution in [1.29, 1.82) is 0 Å². The van der Waals surface area contributed by atoms with E-state index in [2.05, 4.69) is 15.5 Å². The summed E-state index contributed by atoms with van der Waals surface area (Å²) in [5, 5.41) is 11.3. The van der Waals surface area contributed by atoms with Crippen LogP contribution >= 0.6 is 11.3 Å². The molecule has 0 aromatic carbocycles. The number of carbonyl (C=O) groups excluding carboxylic acids is 1. The van der Waals surface area contributed by atoms with E-state index < -0.39 is 0 Å². The standard InChI is InChI=1S/C10H10N4O2S/c1-7-12-13-10(17-7)11-8(15)6-14-5-3-2-4-9(14)16/h2-5H,6H2,1H3,(H,11,13,15). The second kappa shape index (κ2) is 4.88. The zero-order valence-electron chi connectivity index (χ0n) is 9.08. The fourth-order valence-corrected chi connectivity index (χ4v) is 1.86. The Morgan fingerprint density at radius 1 is 1.47 bits per heavy atom. The summed E-state index contributed by atoms with van der Waals surface area (Å²) in [4.78, 5) is 23.0. The zero-order valence-corrected chi connectivity index (χ0v) is 9.90. The smallest absolute Gasteiger partial charge is 0.250 e. The molecule has 0 spiro atoms. The van der Waals surface area contributed by atoms with Gasteiger partial charge < -0.3 is 4.57 Å². The predicted octanol–water partition coefficient (Wildman–Crippen LogP) is 0.647. The lowest BCUT2D eigenvalue weighted by Gasteiger charge is -2.03. The van der Waals surface area contributed by atoms with Crippen molar-refractivity contribution in [3.05, 3.63) is 39.8 Å². The third-order valence-corrected chi connectivity index (χ3v) is 2.74. The maximum absolute atomic E-state index is 11.6. The van der Waals surface area contributed by atoms with Crippen molar-refractivity contribution in [3.63, 3.8) is 0 Å². The van der Waals surface area contributed by atoms with Crippen LogP contribution in [-0.4, -0.2) is 20.7 Å². The van der Waals surface area contributed by atoms with Crippen LogP contribution in [0.3, 0.4) is 0 Å². The molecule has 7 heteroatoms. The molecule has 2 aromatic heterocycles. The largest absolute Gasteiger partial charge is 0.306 e. The molecule has 0 saturated carbocycles. The van der Waals surface area contributed by atoms with Crippen LogP contribution in [-0.2, 0) is 11.3 Å². The molecule has 6 nitrogen and oxygen atoms in total. The second-order valence-corrected chi connectivity index (χ2v) is 4.52. The lowest BCUT2D eigenvalue weighted by atomic mass is 10.4. The average molecular weight is 250 g/mol. The molecule has 0 saturated heterocycles. The first-order valence-corrected chi connectivity index (χ1v) is 5.72. The Hall–Kier alpha value is -2.02. The summed E-state index contributed by atoms with van der Waals surface area (Å²) in [7, 11) is 0. The summed E-state index contributed by atoms with van der Waals surface area (Å²) in [5.74, 6) is -0.297. The first-order valence-electron chi connectivity index (χ1n) is 4.90. The van der Waals surface area contributed by atoms with E-state index in [4.69, 9.17) is 0 Å². The van der Waals surface area contributed by atoms with Gasteiger partial charge in [-0.2, -0.15) is 0 Å². The van der Waals surface area contributed by atoms with Crippen molar-refractivity contribution < 1.29 is 4.79 Å². The maximum atomic E-state index is 11.6. The third kappa shape index (κ3) is 2.97. The Morgan fingerprint density at radius 2 is 2.29 bits per heavy atom. The topological polar surface area (TPSA) is 76.9 Å². The van der Waals surface area contributed by atoms with Gasteiger partial charge in [0.25, 0.3) is 5.56 Å². The molecule has 0 aliphatic rings. The van der Waals surface area contributed by atoms with Gasteiger partial charge in [0.2, 0.25) is 11.0 Å². The average Bonchev–Trinajstić information content (AvgIpc) is 2.67. The number of aryl methyl sites for hydroxylation is 1. The van der Waals surface area contributed by atoms with Crippen LogP contribution in [0.2, 0.25) is 0 Å². The van der Waals surface area contributed by atoms with Crippen LogP contribution in [0.5, 0.6) is 0 Å². The summed E-state index contributed by atoms with van der Waals surface area (Å²) in [6.07, 6.45) is 1.56. The number of nitrogens with zero attached hydrogens (tertiary/aromatic N) is 3. The van der Waals surface area contributed by atoms with Crippen molar-refractivity contribution in [2.45, 2.75) is 13.5 Å². The van der Waals surface area contributed by atoms with Crippen molar-refractivity contribution in [2.75, 3.05) is 5.32 Å². The van der Waals surface area contributed by atoms with Crippen molar-refractivity contribution in [1.82, 2.24) is 14.8 Å². The van der Waals surface area contributed by atoms with Gasteiger partial charge in [0, 0.05) is 12.3 Å². The Bertz CT molecular complexity index is 590. The summed E-state index contributed by atoms with van der Waals surface area (Å²) in [5.41, 5.74) is -0.212. The highest BCUT2D eigenvalue weighted by Crippen LogP contribution is 2.13. The molecule has 2 aromatic rings. The number of pyridine rings is 1. The van der Waals surface area contributed by atoms with E-state index in [1.807, 2.05) is 0 Å². The second-order valence-electron chi connectivity index (χ2n) is 3.34. The molecule has 0 unspecified atom stereocenters.